The second-order valence-electron chi connectivity index (χ2n) is 4.28. The highest BCUT2D eigenvalue weighted by Gasteiger charge is 2.34. The molecular weight excluding hydrogens is 252 g/mol. The fraction of sp³-hybridized carbons (Fsp3) is 1.00. The molecule has 5 nitrogen and oxygen atoms in total. The van der Waals surface area contributed by atoms with E-state index in [9.17, 15) is 8.42 Å². The van der Waals surface area contributed by atoms with Gasteiger partial charge in [0.15, 0.2) is 0 Å². The summed E-state index contributed by atoms with van der Waals surface area (Å²) in [5.74, 6) is 0.265. The first kappa shape index (κ1) is 16.1. The lowest BCUT2D eigenvalue weighted by Gasteiger charge is -2.18. The van der Waals surface area contributed by atoms with Crippen LogP contribution >= 0.6 is 12.4 Å². The van der Waals surface area contributed by atoms with Crippen LogP contribution in [0.15, 0.2) is 0 Å². The zero-order valence-electron chi connectivity index (χ0n) is 9.92. The summed E-state index contributed by atoms with van der Waals surface area (Å²) in [5, 5.41) is 0. The zero-order valence-corrected chi connectivity index (χ0v) is 11.6. The number of methoxy groups -OCH3 is 1. The van der Waals surface area contributed by atoms with Crippen molar-refractivity contribution < 1.29 is 13.2 Å². The molecule has 0 saturated carbocycles. The van der Waals surface area contributed by atoms with Crippen LogP contribution in [0.3, 0.4) is 0 Å². The molecule has 3 atom stereocenters. The van der Waals surface area contributed by atoms with Crippen molar-refractivity contribution in [1.82, 2.24) is 4.31 Å². The minimum Gasteiger partial charge on any atom is -0.381 e. The van der Waals surface area contributed by atoms with Gasteiger partial charge in [0.05, 0.1) is 11.9 Å². The first-order valence-electron chi connectivity index (χ1n) is 5.13. The van der Waals surface area contributed by atoms with Crippen LogP contribution in [0, 0.1) is 5.92 Å². The Kier molecular flexibility index (Phi) is 6.21. The van der Waals surface area contributed by atoms with Crippen LogP contribution in [0.4, 0.5) is 0 Å². The summed E-state index contributed by atoms with van der Waals surface area (Å²) in [7, 11) is -1.70. The van der Waals surface area contributed by atoms with Gasteiger partial charge in [-0.1, -0.05) is 6.92 Å². The van der Waals surface area contributed by atoms with Crippen LogP contribution in [0.25, 0.3) is 0 Å². The van der Waals surface area contributed by atoms with Gasteiger partial charge < -0.3 is 10.5 Å². The van der Waals surface area contributed by atoms with Gasteiger partial charge in [-0.15, -0.1) is 12.4 Å². The summed E-state index contributed by atoms with van der Waals surface area (Å²) in [6.45, 7) is 4.68. The minimum atomic E-state index is -3.21. The van der Waals surface area contributed by atoms with Crippen molar-refractivity contribution in [2.24, 2.45) is 11.7 Å². The summed E-state index contributed by atoms with van der Waals surface area (Å²) in [4.78, 5) is 0. The molecule has 98 valence electrons. The van der Waals surface area contributed by atoms with Gasteiger partial charge in [0, 0.05) is 26.2 Å². The average Bonchev–Trinajstić information content (AvgIpc) is 2.47. The maximum atomic E-state index is 11.9. The zero-order chi connectivity index (χ0) is 11.6. The summed E-state index contributed by atoms with van der Waals surface area (Å²) in [5.41, 5.74) is 5.79. The van der Waals surface area contributed by atoms with Gasteiger partial charge >= 0.3 is 0 Å². The van der Waals surface area contributed by atoms with E-state index >= 15 is 0 Å². The Morgan fingerprint density at radius 3 is 2.44 bits per heavy atom. The lowest BCUT2D eigenvalue weighted by atomic mass is 10.1. The first-order chi connectivity index (χ1) is 6.86. The van der Waals surface area contributed by atoms with E-state index in [0.717, 1.165) is 0 Å². The van der Waals surface area contributed by atoms with Crippen molar-refractivity contribution in [2.45, 2.75) is 26.0 Å². The van der Waals surface area contributed by atoms with Crippen molar-refractivity contribution in [3.63, 3.8) is 0 Å². The number of sulfonamides is 1. The molecule has 1 fully saturated rings. The summed E-state index contributed by atoms with van der Waals surface area (Å²) in [6, 6.07) is -0.0439. The molecule has 0 aliphatic carbocycles. The van der Waals surface area contributed by atoms with E-state index in [2.05, 4.69) is 0 Å². The smallest absolute Gasteiger partial charge is 0.216 e. The Labute approximate surface area is 104 Å². The van der Waals surface area contributed by atoms with Crippen molar-refractivity contribution in [3.8, 4) is 0 Å². The summed E-state index contributed by atoms with van der Waals surface area (Å²) >= 11 is 0. The monoisotopic (exact) mass is 272 g/mol. The highest BCUT2D eigenvalue weighted by molar-refractivity contribution is 7.89. The SMILES string of the molecule is COC(C)CS(=O)(=O)N1CC(C)C(N)C1.Cl. The van der Waals surface area contributed by atoms with Crippen LogP contribution in [0.2, 0.25) is 0 Å². The van der Waals surface area contributed by atoms with Crippen LogP contribution in [0.1, 0.15) is 13.8 Å². The number of nitrogens with zero attached hydrogens (tertiary/aromatic N) is 1. The van der Waals surface area contributed by atoms with Crippen molar-refractivity contribution in [2.75, 3.05) is 26.0 Å². The normalized spacial score (nSPS) is 28.8. The van der Waals surface area contributed by atoms with E-state index < -0.39 is 10.0 Å². The number of hydrogen-bond donors (Lipinski definition) is 1. The molecule has 1 saturated heterocycles. The lowest BCUT2D eigenvalue weighted by molar-refractivity contribution is 0.135. The van der Waals surface area contributed by atoms with Gasteiger partial charge in [0.25, 0.3) is 0 Å². The topological polar surface area (TPSA) is 72.6 Å². The van der Waals surface area contributed by atoms with Crippen molar-refractivity contribution in [3.05, 3.63) is 0 Å². The van der Waals surface area contributed by atoms with E-state index in [1.807, 2.05) is 6.92 Å². The molecule has 2 N–H and O–H groups in total. The van der Waals surface area contributed by atoms with Gasteiger partial charge in [0.2, 0.25) is 10.0 Å². The second kappa shape index (κ2) is 6.16. The van der Waals surface area contributed by atoms with Crippen LogP contribution in [-0.4, -0.2) is 50.8 Å². The summed E-state index contributed by atoms with van der Waals surface area (Å²) in [6.07, 6.45) is -0.276. The van der Waals surface area contributed by atoms with Crippen LogP contribution in [-0.2, 0) is 14.8 Å². The van der Waals surface area contributed by atoms with Gasteiger partial charge in [-0.25, -0.2) is 8.42 Å². The average molecular weight is 273 g/mol. The van der Waals surface area contributed by atoms with Gasteiger partial charge in [0.1, 0.15) is 0 Å². The van der Waals surface area contributed by atoms with E-state index in [-0.39, 0.29) is 36.2 Å². The van der Waals surface area contributed by atoms with Crippen molar-refractivity contribution in [1.29, 1.82) is 0 Å². The number of halogens is 1. The third-order valence-corrected chi connectivity index (χ3v) is 4.85. The number of nitrogens with two attached hydrogens (primary N) is 1. The third-order valence-electron chi connectivity index (χ3n) is 2.88. The van der Waals surface area contributed by atoms with Crippen LogP contribution in [0.5, 0.6) is 0 Å². The van der Waals surface area contributed by atoms with E-state index in [1.54, 1.807) is 6.92 Å². The Bertz CT molecular complexity index is 300. The Hall–Kier alpha value is 0.120. The molecule has 3 unspecified atom stereocenters. The molecule has 0 radical (unpaired) electrons. The predicted octanol–water partition coefficient (Wildman–Crippen LogP) is 0.0519. The molecule has 0 aromatic carbocycles. The predicted molar refractivity (Wildman–Crippen MR) is 66.2 cm³/mol. The quantitative estimate of drug-likeness (QED) is 0.785. The number of rotatable bonds is 4. The minimum absolute atomic E-state index is 0. The Morgan fingerprint density at radius 1 is 1.50 bits per heavy atom. The summed E-state index contributed by atoms with van der Waals surface area (Å²) < 4.78 is 30.2. The fourth-order valence-corrected chi connectivity index (χ4v) is 3.45. The first-order valence-corrected chi connectivity index (χ1v) is 6.74. The molecule has 0 amide bonds. The molecule has 16 heavy (non-hydrogen) atoms. The molecule has 0 bridgehead atoms. The van der Waals surface area contributed by atoms with Gasteiger partial charge in [-0.05, 0) is 12.8 Å². The molecule has 1 aliphatic rings. The lowest BCUT2D eigenvalue weighted by Crippen LogP contribution is -2.36. The standard InChI is InChI=1S/C9H20N2O3S.ClH/c1-7-4-11(5-9(7)10)15(12,13)6-8(2)14-3;/h7-9H,4-6,10H2,1-3H3;1H. The molecule has 0 spiro atoms. The highest BCUT2D eigenvalue weighted by Crippen LogP contribution is 2.18. The van der Waals surface area contributed by atoms with Gasteiger partial charge in [-0.2, -0.15) is 4.31 Å². The molecular formula is C9H21ClN2O3S. The molecule has 1 aliphatic heterocycles. The second-order valence-corrected chi connectivity index (χ2v) is 6.30. The molecule has 0 aromatic rings. The Morgan fingerprint density at radius 2 is 2.06 bits per heavy atom. The fourth-order valence-electron chi connectivity index (χ4n) is 1.64. The third kappa shape index (κ3) is 3.85. The number of hydrogen-bond acceptors (Lipinski definition) is 4. The number of ether oxygens (including phenoxy) is 1. The molecule has 7 heteroatoms. The Balaban J connectivity index is 0.00000225. The maximum absolute atomic E-state index is 11.9. The molecule has 1 heterocycles. The van der Waals surface area contributed by atoms with Gasteiger partial charge in [-0.3, -0.25) is 0 Å². The largest absolute Gasteiger partial charge is 0.381 e. The van der Waals surface area contributed by atoms with Crippen molar-refractivity contribution >= 4 is 22.4 Å². The van der Waals surface area contributed by atoms with E-state index in [4.69, 9.17) is 10.5 Å². The molecule has 1 rings (SSSR count). The van der Waals surface area contributed by atoms with E-state index in [0.29, 0.717) is 13.1 Å². The highest BCUT2D eigenvalue weighted by atomic mass is 35.5. The molecule has 0 aromatic heterocycles. The maximum Gasteiger partial charge on any atom is 0.216 e. The van der Waals surface area contributed by atoms with E-state index in [1.165, 1.54) is 11.4 Å². The van der Waals surface area contributed by atoms with Crippen LogP contribution < -0.4 is 5.73 Å².